The monoisotopic (exact) mass is 419 g/mol. The first-order valence-corrected chi connectivity index (χ1v) is 11.5. The number of hydrogen-bond acceptors (Lipinski definition) is 3. The quantitative estimate of drug-likeness (QED) is 0.361. The van der Waals surface area contributed by atoms with Gasteiger partial charge in [0.05, 0.1) is 0 Å². The van der Waals surface area contributed by atoms with Crippen molar-refractivity contribution in [2.24, 2.45) is 10.4 Å². The summed E-state index contributed by atoms with van der Waals surface area (Å²) in [6.07, 6.45) is 8.03. The molecule has 1 saturated carbocycles. The first kappa shape index (κ1) is 23.0. The summed E-state index contributed by atoms with van der Waals surface area (Å²) in [5, 5.41) is 7.15. The van der Waals surface area contributed by atoms with Crippen LogP contribution in [0.3, 0.4) is 0 Å². The van der Waals surface area contributed by atoms with Crippen molar-refractivity contribution < 1.29 is 13.9 Å². The minimum absolute atomic E-state index is 0.0659. The van der Waals surface area contributed by atoms with Gasteiger partial charge in [0.15, 0.2) is 5.96 Å². The van der Waals surface area contributed by atoms with Gasteiger partial charge in [-0.15, -0.1) is 0 Å². The number of halogens is 1. The van der Waals surface area contributed by atoms with E-state index >= 15 is 0 Å². The summed E-state index contributed by atoms with van der Waals surface area (Å²) < 4.78 is 24.7. The van der Waals surface area contributed by atoms with Crippen LogP contribution < -0.4 is 10.6 Å². The standard InChI is InChI=1S/C24H38FN3O2/c1-3-29-15-12-23(10-4-5-11-23)18-27-22(26-2)28-19-24(13-16-30-17-14-24)20-6-8-21(25)9-7-20/h6-9H,3-5,10-19H2,1-2H3,(H2,26,27,28). The van der Waals surface area contributed by atoms with Crippen LogP contribution in [0.25, 0.3) is 0 Å². The minimum Gasteiger partial charge on any atom is -0.382 e. The molecule has 0 bridgehead atoms. The number of nitrogens with one attached hydrogen (secondary N) is 2. The van der Waals surface area contributed by atoms with Crippen molar-refractivity contribution in [2.75, 3.05) is 46.6 Å². The highest BCUT2D eigenvalue weighted by Crippen LogP contribution is 2.40. The molecule has 1 heterocycles. The third kappa shape index (κ3) is 5.94. The van der Waals surface area contributed by atoms with E-state index in [1.165, 1.54) is 31.2 Å². The smallest absolute Gasteiger partial charge is 0.191 e. The van der Waals surface area contributed by atoms with E-state index in [4.69, 9.17) is 9.47 Å². The van der Waals surface area contributed by atoms with Crippen LogP contribution in [0.5, 0.6) is 0 Å². The number of ether oxygens (including phenoxy) is 2. The largest absolute Gasteiger partial charge is 0.382 e. The molecule has 30 heavy (non-hydrogen) atoms. The summed E-state index contributed by atoms with van der Waals surface area (Å²) in [4.78, 5) is 4.47. The van der Waals surface area contributed by atoms with E-state index in [0.29, 0.717) is 5.41 Å². The van der Waals surface area contributed by atoms with Crippen LogP contribution in [0, 0.1) is 11.2 Å². The fourth-order valence-corrected chi connectivity index (χ4v) is 4.95. The van der Waals surface area contributed by atoms with Gasteiger partial charge in [-0.05, 0) is 62.1 Å². The lowest BCUT2D eigenvalue weighted by Gasteiger charge is -2.38. The third-order valence-electron chi connectivity index (χ3n) is 7.00. The number of benzene rings is 1. The third-order valence-corrected chi connectivity index (χ3v) is 7.00. The fraction of sp³-hybridized carbons (Fsp3) is 0.708. The summed E-state index contributed by atoms with van der Waals surface area (Å²) in [6.45, 7) is 6.80. The Labute approximate surface area is 180 Å². The first-order valence-electron chi connectivity index (χ1n) is 11.5. The molecular formula is C24H38FN3O2. The molecule has 0 amide bonds. The second-order valence-electron chi connectivity index (χ2n) is 8.83. The maximum Gasteiger partial charge on any atom is 0.191 e. The molecule has 1 aliphatic carbocycles. The summed E-state index contributed by atoms with van der Waals surface area (Å²) in [6, 6.07) is 6.95. The lowest BCUT2D eigenvalue weighted by molar-refractivity contribution is 0.0513. The highest BCUT2D eigenvalue weighted by atomic mass is 19.1. The van der Waals surface area contributed by atoms with Gasteiger partial charge < -0.3 is 20.1 Å². The van der Waals surface area contributed by atoms with Gasteiger partial charge in [-0.25, -0.2) is 4.39 Å². The minimum atomic E-state index is -0.194. The predicted octanol–water partition coefficient (Wildman–Crippen LogP) is 4.03. The van der Waals surface area contributed by atoms with Crippen molar-refractivity contribution >= 4 is 5.96 Å². The molecule has 3 rings (SSSR count). The Morgan fingerprint density at radius 3 is 2.37 bits per heavy atom. The second kappa shape index (κ2) is 11.1. The molecule has 1 aromatic carbocycles. The van der Waals surface area contributed by atoms with Gasteiger partial charge >= 0.3 is 0 Å². The average molecular weight is 420 g/mol. The molecule has 5 nitrogen and oxygen atoms in total. The van der Waals surface area contributed by atoms with Crippen LogP contribution in [-0.4, -0.2) is 52.5 Å². The molecule has 168 valence electrons. The summed E-state index contributed by atoms with van der Waals surface area (Å²) in [5.41, 5.74) is 1.41. The summed E-state index contributed by atoms with van der Waals surface area (Å²) in [5.74, 6) is 0.644. The number of guanidine groups is 1. The van der Waals surface area contributed by atoms with Crippen molar-refractivity contribution in [3.05, 3.63) is 35.6 Å². The Balaban J connectivity index is 1.60. The van der Waals surface area contributed by atoms with Gasteiger partial charge in [-0.2, -0.15) is 0 Å². The molecule has 1 aliphatic heterocycles. The Morgan fingerprint density at radius 2 is 1.73 bits per heavy atom. The highest BCUT2D eigenvalue weighted by Gasteiger charge is 2.36. The number of nitrogens with zero attached hydrogens (tertiary/aromatic N) is 1. The van der Waals surface area contributed by atoms with Gasteiger partial charge in [-0.1, -0.05) is 25.0 Å². The van der Waals surface area contributed by atoms with Gasteiger partial charge in [0.1, 0.15) is 5.82 Å². The summed E-state index contributed by atoms with van der Waals surface area (Å²) in [7, 11) is 1.82. The predicted molar refractivity (Wildman–Crippen MR) is 120 cm³/mol. The highest BCUT2D eigenvalue weighted by molar-refractivity contribution is 5.79. The Morgan fingerprint density at radius 1 is 1.07 bits per heavy atom. The molecule has 6 heteroatoms. The zero-order valence-electron chi connectivity index (χ0n) is 18.6. The summed E-state index contributed by atoms with van der Waals surface area (Å²) >= 11 is 0. The normalized spacial score (nSPS) is 20.8. The SMILES string of the molecule is CCOCCC1(CNC(=NC)NCC2(c3ccc(F)cc3)CCOCC2)CCCC1. The van der Waals surface area contributed by atoms with Crippen molar-refractivity contribution in [2.45, 2.75) is 57.3 Å². The van der Waals surface area contributed by atoms with Crippen LogP contribution in [-0.2, 0) is 14.9 Å². The number of hydrogen-bond donors (Lipinski definition) is 2. The van der Waals surface area contributed by atoms with E-state index in [0.717, 1.165) is 64.7 Å². The lowest BCUT2D eigenvalue weighted by Crippen LogP contribution is -2.49. The van der Waals surface area contributed by atoms with Crippen LogP contribution in [0.4, 0.5) is 4.39 Å². The molecule has 0 atom stereocenters. The van der Waals surface area contributed by atoms with Crippen LogP contribution >= 0.6 is 0 Å². The zero-order chi connectivity index (χ0) is 21.3. The molecule has 2 aliphatic rings. The van der Waals surface area contributed by atoms with Gasteiger partial charge in [0.25, 0.3) is 0 Å². The number of rotatable bonds is 9. The van der Waals surface area contributed by atoms with E-state index < -0.39 is 0 Å². The van der Waals surface area contributed by atoms with Crippen molar-refractivity contribution in [3.63, 3.8) is 0 Å². The van der Waals surface area contributed by atoms with Crippen LogP contribution in [0.1, 0.15) is 57.4 Å². The molecule has 0 unspecified atom stereocenters. The molecule has 1 saturated heterocycles. The van der Waals surface area contributed by atoms with E-state index in [1.54, 1.807) is 12.1 Å². The van der Waals surface area contributed by atoms with Gasteiger partial charge in [0, 0.05) is 52.0 Å². The first-order chi connectivity index (χ1) is 14.6. The topological polar surface area (TPSA) is 54.9 Å². The van der Waals surface area contributed by atoms with Crippen LogP contribution in [0.15, 0.2) is 29.3 Å². The molecule has 0 aromatic heterocycles. The second-order valence-corrected chi connectivity index (χ2v) is 8.83. The maximum atomic E-state index is 13.5. The van der Waals surface area contributed by atoms with E-state index in [2.05, 4.69) is 22.5 Å². The van der Waals surface area contributed by atoms with E-state index in [1.807, 2.05) is 19.2 Å². The number of aliphatic imine (C=N–C) groups is 1. The van der Waals surface area contributed by atoms with E-state index in [-0.39, 0.29) is 11.2 Å². The Bertz CT molecular complexity index is 666. The molecule has 0 spiro atoms. The van der Waals surface area contributed by atoms with Crippen LogP contribution in [0.2, 0.25) is 0 Å². The molecular weight excluding hydrogens is 381 g/mol. The van der Waals surface area contributed by atoms with Crippen molar-refractivity contribution in [3.8, 4) is 0 Å². The molecule has 2 N–H and O–H groups in total. The fourth-order valence-electron chi connectivity index (χ4n) is 4.95. The maximum absolute atomic E-state index is 13.5. The molecule has 2 fully saturated rings. The Hall–Kier alpha value is -1.66. The van der Waals surface area contributed by atoms with Gasteiger partial charge in [-0.3, -0.25) is 4.99 Å². The molecule has 0 radical (unpaired) electrons. The van der Waals surface area contributed by atoms with Gasteiger partial charge in [0.2, 0.25) is 0 Å². The zero-order valence-corrected chi connectivity index (χ0v) is 18.6. The van der Waals surface area contributed by atoms with Crippen molar-refractivity contribution in [1.29, 1.82) is 0 Å². The lowest BCUT2D eigenvalue weighted by atomic mass is 9.74. The molecule has 1 aromatic rings. The van der Waals surface area contributed by atoms with E-state index in [9.17, 15) is 4.39 Å². The Kier molecular flexibility index (Phi) is 8.51. The average Bonchev–Trinajstić information content (AvgIpc) is 3.24. The van der Waals surface area contributed by atoms with Crippen molar-refractivity contribution in [1.82, 2.24) is 10.6 Å².